The number of esters is 1. The van der Waals surface area contributed by atoms with Crippen molar-refractivity contribution in [2.24, 2.45) is 46.8 Å². The Bertz CT molecular complexity index is 906. The van der Waals surface area contributed by atoms with Gasteiger partial charge in [0, 0.05) is 20.1 Å². The molecule has 0 aromatic carbocycles. The lowest BCUT2D eigenvalue weighted by Gasteiger charge is -2.62. The molecule has 4 saturated carbocycles. The molecule has 5 aliphatic rings. The fourth-order valence-corrected chi connectivity index (χ4v) is 10.8. The summed E-state index contributed by atoms with van der Waals surface area (Å²) in [5, 5.41) is 0.0671. The molecule has 4 aliphatic carbocycles. The number of carbonyl (C=O) groups is 1. The number of ether oxygens (including phenoxy) is 6. The molecule has 8 nitrogen and oxygen atoms in total. The molecular formula is C31H54O8Si. The van der Waals surface area contributed by atoms with Crippen molar-refractivity contribution in [2.45, 2.75) is 103 Å². The van der Waals surface area contributed by atoms with Gasteiger partial charge in [-0.2, -0.15) is 0 Å². The molecular weight excluding hydrogens is 528 g/mol. The molecule has 1 saturated heterocycles. The van der Waals surface area contributed by atoms with E-state index in [1.807, 2.05) is 0 Å². The van der Waals surface area contributed by atoms with Crippen molar-refractivity contribution in [3.63, 3.8) is 0 Å². The molecule has 230 valence electrons. The SMILES string of the molecule is COCCOCO[C@@H]1C[C@H]2[C@@H](OCOC)C[C@H](C)[C@H]3C[C@@H](O[Si](C)(C)C(C)(C)C)[C@H]4C(=O)O[C@H]5C[C@H]1[C@@H]([C@@H]45)[C@@]32C. The van der Waals surface area contributed by atoms with Crippen LogP contribution in [0.1, 0.15) is 60.3 Å². The van der Waals surface area contributed by atoms with Crippen molar-refractivity contribution in [3.05, 3.63) is 0 Å². The van der Waals surface area contributed by atoms with E-state index in [-0.39, 0.29) is 59.5 Å². The molecule has 0 N–H and O–H groups in total. The van der Waals surface area contributed by atoms with Gasteiger partial charge in [-0.05, 0) is 78.8 Å². The van der Waals surface area contributed by atoms with Crippen LogP contribution in [0.25, 0.3) is 0 Å². The van der Waals surface area contributed by atoms with Gasteiger partial charge in [0.2, 0.25) is 0 Å². The van der Waals surface area contributed by atoms with Crippen LogP contribution >= 0.6 is 0 Å². The fourth-order valence-electron chi connectivity index (χ4n) is 9.45. The van der Waals surface area contributed by atoms with Gasteiger partial charge in [-0.1, -0.05) is 34.6 Å². The Morgan fingerprint density at radius 3 is 2.30 bits per heavy atom. The highest BCUT2D eigenvalue weighted by atomic mass is 28.4. The van der Waals surface area contributed by atoms with Gasteiger partial charge >= 0.3 is 5.97 Å². The van der Waals surface area contributed by atoms with Crippen LogP contribution in [0.15, 0.2) is 0 Å². The fraction of sp³-hybridized carbons (Fsp3) is 0.968. The van der Waals surface area contributed by atoms with Crippen molar-refractivity contribution >= 4 is 14.3 Å². The first kappa shape index (κ1) is 30.9. The van der Waals surface area contributed by atoms with Crippen LogP contribution in [0.5, 0.6) is 0 Å². The summed E-state index contributed by atoms with van der Waals surface area (Å²) >= 11 is 0. The maximum Gasteiger partial charge on any atom is 0.312 e. The Balaban J connectivity index is 1.53. The standard InChI is InChI=1S/C31H54O8Si/c1-18-12-23(36-16-34-7)21-15-22(37-17-35-11-10-33-6)19-13-24-26-27(29(32)38-24)25(39-40(8,9)30(2,3)4)14-20(18)31(21,5)28(19)26/h18-28H,10-17H2,1-9H3/t18-,19+,20+,21-,22+,23-,24-,25+,26+,27+,28-,31-/m0/s1. The van der Waals surface area contributed by atoms with Gasteiger partial charge in [-0.15, -0.1) is 0 Å². The van der Waals surface area contributed by atoms with Crippen LogP contribution in [0.2, 0.25) is 18.1 Å². The van der Waals surface area contributed by atoms with Crippen LogP contribution in [0.3, 0.4) is 0 Å². The quantitative estimate of drug-likeness (QED) is 0.141. The van der Waals surface area contributed by atoms with Gasteiger partial charge in [0.1, 0.15) is 19.7 Å². The second-order valence-corrected chi connectivity index (χ2v) is 19.8. The maximum absolute atomic E-state index is 13.7. The van der Waals surface area contributed by atoms with Crippen molar-refractivity contribution in [1.29, 1.82) is 0 Å². The van der Waals surface area contributed by atoms with Crippen molar-refractivity contribution in [3.8, 4) is 0 Å². The molecule has 5 rings (SSSR count). The minimum atomic E-state index is -2.12. The lowest BCUT2D eigenvalue weighted by Crippen LogP contribution is -2.61. The van der Waals surface area contributed by atoms with E-state index in [2.05, 4.69) is 47.7 Å². The average molecular weight is 583 g/mol. The minimum Gasteiger partial charge on any atom is -0.462 e. The molecule has 0 unspecified atom stereocenters. The Morgan fingerprint density at radius 2 is 1.62 bits per heavy atom. The van der Waals surface area contributed by atoms with E-state index >= 15 is 0 Å². The lowest BCUT2D eigenvalue weighted by molar-refractivity contribution is -0.229. The smallest absolute Gasteiger partial charge is 0.312 e. The molecule has 0 aromatic rings. The van der Waals surface area contributed by atoms with Crippen molar-refractivity contribution in [1.82, 2.24) is 0 Å². The second kappa shape index (κ2) is 11.5. The molecule has 5 fully saturated rings. The Kier molecular flexibility index (Phi) is 8.89. The van der Waals surface area contributed by atoms with Crippen LogP contribution in [-0.4, -0.2) is 79.7 Å². The first-order valence-corrected chi connectivity index (χ1v) is 18.4. The highest BCUT2D eigenvalue weighted by Gasteiger charge is 2.72. The number of hydrogen-bond donors (Lipinski definition) is 0. The molecule has 1 heterocycles. The minimum absolute atomic E-state index is 0.00526. The lowest BCUT2D eigenvalue weighted by atomic mass is 9.45. The van der Waals surface area contributed by atoms with Crippen LogP contribution in [-0.2, 0) is 37.6 Å². The van der Waals surface area contributed by atoms with E-state index in [0.29, 0.717) is 49.6 Å². The van der Waals surface area contributed by atoms with Gasteiger partial charge in [0.05, 0.1) is 37.4 Å². The van der Waals surface area contributed by atoms with Crippen molar-refractivity contribution in [2.75, 3.05) is 41.0 Å². The predicted octanol–water partition coefficient (Wildman–Crippen LogP) is 5.25. The largest absolute Gasteiger partial charge is 0.462 e. The summed E-state index contributed by atoms with van der Waals surface area (Å²) in [4.78, 5) is 13.7. The molecule has 12 atom stereocenters. The van der Waals surface area contributed by atoms with Gasteiger partial charge in [-0.3, -0.25) is 4.79 Å². The van der Waals surface area contributed by atoms with E-state index < -0.39 is 8.32 Å². The molecule has 40 heavy (non-hydrogen) atoms. The topological polar surface area (TPSA) is 81.7 Å². The molecule has 9 heteroatoms. The van der Waals surface area contributed by atoms with Gasteiger partial charge in [-0.25, -0.2) is 0 Å². The first-order chi connectivity index (χ1) is 18.8. The molecule has 0 spiro atoms. The van der Waals surface area contributed by atoms with E-state index in [1.54, 1.807) is 14.2 Å². The Labute approximate surface area is 242 Å². The van der Waals surface area contributed by atoms with Crippen LogP contribution < -0.4 is 0 Å². The van der Waals surface area contributed by atoms with E-state index in [9.17, 15) is 4.79 Å². The molecule has 0 amide bonds. The van der Waals surface area contributed by atoms with Gasteiger partial charge in [0.15, 0.2) is 8.32 Å². The number of carbonyl (C=O) groups excluding carboxylic acids is 1. The summed E-state index contributed by atoms with van der Waals surface area (Å²) in [6, 6.07) is 0. The average Bonchev–Trinajstić information content (AvgIpc) is 3.35. The number of hydrogen-bond acceptors (Lipinski definition) is 8. The summed E-state index contributed by atoms with van der Waals surface area (Å²) in [6.07, 6.45) is 3.64. The number of rotatable bonds is 11. The zero-order valence-electron chi connectivity index (χ0n) is 26.3. The third-order valence-corrected chi connectivity index (χ3v) is 16.6. The second-order valence-electron chi connectivity index (χ2n) is 15.0. The van der Waals surface area contributed by atoms with Gasteiger partial charge in [0.25, 0.3) is 0 Å². The molecule has 0 bridgehead atoms. The van der Waals surface area contributed by atoms with Crippen molar-refractivity contribution < 1.29 is 37.6 Å². The summed E-state index contributed by atoms with van der Waals surface area (Å²) in [7, 11) is 1.25. The van der Waals surface area contributed by atoms with E-state index in [0.717, 1.165) is 25.7 Å². The third-order valence-electron chi connectivity index (χ3n) is 12.1. The van der Waals surface area contributed by atoms with Crippen LogP contribution in [0, 0.1) is 46.8 Å². The molecule has 0 aromatic heterocycles. The summed E-state index contributed by atoms with van der Waals surface area (Å²) < 4.78 is 42.7. The van der Waals surface area contributed by atoms with E-state index in [4.69, 9.17) is 32.8 Å². The predicted molar refractivity (Wildman–Crippen MR) is 153 cm³/mol. The summed E-state index contributed by atoms with van der Waals surface area (Å²) in [5.74, 6) is 1.73. The summed E-state index contributed by atoms with van der Waals surface area (Å²) in [5.41, 5.74) is -0.00526. The highest BCUT2D eigenvalue weighted by Crippen LogP contribution is 2.70. The Morgan fingerprint density at radius 1 is 0.925 bits per heavy atom. The third kappa shape index (κ3) is 5.13. The van der Waals surface area contributed by atoms with Crippen LogP contribution in [0.4, 0.5) is 0 Å². The normalized spacial score (nSPS) is 44.3. The number of methoxy groups -OCH3 is 2. The zero-order valence-corrected chi connectivity index (χ0v) is 27.3. The molecule has 0 radical (unpaired) electrons. The summed E-state index contributed by atoms with van der Waals surface area (Å²) in [6.45, 7) is 18.0. The van der Waals surface area contributed by atoms with Gasteiger partial charge < -0.3 is 32.8 Å². The highest BCUT2D eigenvalue weighted by molar-refractivity contribution is 6.74. The first-order valence-electron chi connectivity index (χ1n) is 15.5. The maximum atomic E-state index is 13.7. The molecule has 1 aliphatic heterocycles. The zero-order chi connectivity index (χ0) is 29.0. The Hall–Kier alpha value is -0.553. The monoisotopic (exact) mass is 582 g/mol. The van der Waals surface area contributed by atoms with E-state index in [1.165, 1.54) is 0 Å².